The van der Waals surface area contributed by atoms with Crippen molar-refractivity contribution in [2.75, 3.05) is 25.3 Å². The molecule has 0 radical (unpaired) electrons. The van der Waals surface area contributed by atoms with Crippen molar-refractivity contribution in [2.24, 2.45) is 0 Å². The van der Waals surface area contributed by atoms with E-state index in [1.54, 1.807) is 13.2 Å². The normalized spacial score (nSPS) is 10.7. The van der Waals surface area contributed by atoms with Crippen molar-refractivity contribution in [1.82, 2.24) is 14.8 Å². The molecule has 0 saturated carbocycles. The number of thioether (sulfide) groups is 1. The van der Waals surface area contributed by atoms with Gasteiger partial charge < -0.3 is 14.8 Å². The lowest BCUT2D eigenvalue weighted by molar-refractivity contribution is -0.113. The van der Waals surface area contributed by atoms with Crippen LogP contribution in [0.3, 0.4) is 0 Å². The zero-order valence-electron chi connectivity index (χ0n) is 20.7. The Balaban J connectivity index is 1.52. The van der Waals surface area contributed by atoms with E-state index in [0.29, 0.717) is 39.4 Å². The summed E-state index contributed by atoms with van der Waals surface area (Å²) in [6, 6.07) is 15.4. The van der Waals surface area contributed by atoms with Crippen molar-refractivity contribution in [2.45, 2.75) is 18.6 Å². The highest BCUT2D eigenvalue weighted by Crippen LogP contribution is 2.36. The topological polar surface area (TPSA) is 95.3 Å². The van der Waals surface area contributed by atoms with Gasteiger partial charge in [-0.3, -0.25) is 9.36 Å². The van der Waals surface area contributed by atoms with Gasteiger partial charge in [0, 0.05) is 23.1 Å². The van der Waals surface area contributed by atoms with Gasteiger partial charge in [-0.25, -0.2) is 4.79 Å². The number of thiophene rings is 1. The molecule has 37 heavy (non-hydrogen) atoms. The van der Waals surface area contributed by atoms with Crippen LogP contribution in [0.4, 0.5) is 5.00 Å². The highest BCUT2D eigenvalue weighted by atomic mass is 32.2. The Morgan fingerprint density at radius 2 is 1.92 bits per heavy atom. The van der Waals surface area contributed by atoms with Crippen LogP contribution < -0.4 is 10.1 Å². The first kappa shape index (κ1) is 26.2. The van der Waals surface area contributed by atoms with Crippen molar-refractivity contribution in [3.8, 4) is 28.3 Å². The van der Waals surface area contributed by atoms with Crippen LogP contribution in [-0.4, -0.2) is 46.6 Å². The third kappa shape index (κ3) is 5.92. The van der Waals surface area contributed by atoms with Crippen LogP contribution in [-0.2, 0) is 16.1 Å². The second-order valence-corrected chi connectivity index (χ2v) is 9.81. The summed E-state index contributed by atoms with van der Waals surface area (Å²) in [5.41, 5.74) is 3.89. The molecule has 2 heterocycles. The summed E-state index contributed by atoms with van der Waals surface area (Å²) in [5, 5.41) is 14.4. The molecule has 0 atom stereocenters. The molecule has 0 aliphatic rings. The molecule has 0 unspecified atom stereocenters. The Bertz CT molecular complexity index is 1430. The number of anilines is 1. The number of amides is 1. The van der Waals surface area contributed by atoms with Gasteiger partial charge in [-0.05, 0) is 24.6 Å². The van der Waals surface area contributed by atoms with E-state index < -0.39 is 5.97 Å². The van der Waals surface area contributed by atoms with Crippen LogP contribution in [0.5, 0.6) is 5.75 Å². The number of aromatic nitrogens is 3. The van der Waals surface area contributed by atoms with Gasteiger partial charge in [-0.15, -0.1) is 28.1 Å². The molecule has 190 valence electrons. The number of ether oxygens (including phenoxy) is 2. The third-order valence-electron chi connectivity index (χ3n) is 5.48. The molecule has 2 aromatic heterocycles. The standard InChI is InChI=1S/C27H26N4O4S2/c1-5-13-31-24(19-7-6-8-20(14-19)34-3)29-30-27(31)37-16-22(32)28-25-23(26(33)35-4)21(15-36-25)18-11-9-17(2)10-12-18/h5-12,14-15H,1,13,16H2,2-4H3,(H,28,32). The van der Waals surface area contributed by atoms with Crippen LogP contribution in [0, 0.1) is 6.92 Å². The van der Waals surface area contributed by atoms with Gasteiger partial charge in [0.25, 0.3) is 0 Å². The molecule has 0 saturated heterocycles. The summed E-state index contributed by atoms with van der Waals surface area (Å²) >= 11 is 2.54. The van der Waals surface area contributed by atoms with E-state index in [-0.39, 0.29) is 11.7 Å². The van der Waals surface area contributed by atoms with E-state index in [1.807, 2.05) is 65.4 Å². The minimum Gasteiger partial charge on any atom is -0.497 e. The zero-order chi connectivity index (χ0) is 26.4. The Hall–Kier alpha value is -3.89. The van der Waals surface area contributed by atoms with Crippen molar-refractivity contribution in [3.05, 3.63) is 77.7 Å². The predicted molar refractivity (Wildman–Crippen MR) is 147 cm³/mol. The van der Waals surface area contributed by atoms with Crippen LogP contribution in [0.25, 0.3) is 22.5 Å². The second-order valence-electron chi connectivity index (χ2n) is 7.99. The summed E-state index contributed by atoms with van der Waals surface area (Å²) in [6.45, 7) is 6.30. The number of esters is 1. The smallest absolute Gasteiger partial charge is 0.341 e. The first-order valence-electron chi connectivity index (χ1n) is 11.3. The number of nitrogens with one attached hydrogen (secondary N) is 1. The number of aryl methyl sites for hydroxylation is 1. The Morgan fingerprint density at radius 1 is 1.14 bits per heavy atom. The summed E-state index contributed by atoms with van der Waals surface area (Å²) in [4.78, 5) is 25.5. The average Bonchev–Trinajstić information content (AvgIpc) is 3.52. The molecular weight excluding hydrogens is 508 g/mol. The molecule has 1 amide bonds. The number of nitrogens with zero attached hydrogens (tertiary/aromatic N) is 3. The van der Waals surface area contributed by atoms with Crippen molar-refractivity contribution in [3.63, 3.8) is 0 Å². The lowest BCUT2D eigenvalue weighted by Crippen LogP contribution is -2.16. The molecule has 8 nitrogen and oxygen atoms in total. The minimum atomic E-state index is -0.506. The minimum absolute atomic E-state index is 0.0752. The Kier molecular flexibility index (Phi) is 8.42. The zero-order valence-corrected chi connectivity index (χ0v) is 22.3. The number of carbonyl (C=O) groups excluding carboxylic acids is 2. The van der Waals surface area contributed by atoms with Gasteiger partial charge in [0.05, 0.1) is 20.0 Å². The SMILES string of the molecule is C=CCn1c(SCC(=O)Nc2scc(-c3ccc(C)cc3)c2C(=O)OC)nnc1-c1cccc(OC)c1. The van der Waals surface area contributed by atoms with Gasteiger partial charge >= 0.3 is 5.97 Å². The fraction of sp³-hybridized carbons (Fsp3) is 0.185. The second kappa shape index (κ2) is 11.9. The summed E-state index contributed by atoms with van der Waals surface area (Å²) in [7, 11) is 2.93. The predicted octanol–water partition coefficient (Wildman–Crippen LogP) is 5.69. The monoisotopic (exact) mass is 534 g/mol. The quantitative estimate of drug-likeness (QED) is 0.159. The van der Waals surface area contributed by atoms with Gasteiger partial charge in [-0.2, -0.15) is 0 Å². The number of carbonyl (C=O) groups is 2. The van der Waals surface area contributed by atoms with Crippen molar-refractivity contribution < 1.29 is 19.1 Å². The van der Waals surface area contributed by atoms with Crippen LogP contribution >= 0.6 is 23.1 Å². The van der Waals surface area contributed by atoms with Gasteiger partial charge in [0.15, 0.2) is 11.0 Å². The molecule has 10 heteroatoms. The number of allylic oxidation sites excluding steroid dienone is 1. The molecule has 4 rings (SSSR count). The number of rotatable bonds is 10. The van der Waals surface area contributed by atoms with E-state index in [0.717, 1.165) is 16.7 Å². The lowest BCUT2D eigenvalue weighted by atomic mass is 10.0. The van der Waals surface area contributed by atoms with Crippen molar-refractivity contribution >= 4 is 40.0 Å². The van der Waals surface area contributed by atoms with Gasteiger partial charge in [0.2, 0.25) is 5.91 Å². The highest BCUT2D eigenvalue weighted by Gasteiger charge is 2.23. The maximum Gasteiger partial charge on any atom is 0.341 e. The van der Waals surface area contributed by atoms with Crippen LogP contribution in [0.2, 0.25) is 0 Å². The van der Waals surface area contributed by atoms with E-state index in [9.17, 15) is 9.59 Å². The maximum atomic E-state index is 12.9. The van der Waals surface area contributed by atoms with E-state index >= 15 is 0 Å². The summed E-state index contributed by atoms with van der Waals surface area (Å²) < 4.78 is 12.2. The van der Waals surface area contributed by atoms with E-state index in [1.165, 1.54) is 30.2 Å². The third-order valence-corrected chi connectivity index (χ3v) is 7.35. The molecule has 1 N–H and O–H groups in total. The fourth-order valence-electron chi connectivity index (χ4n) is 3.66. The molecule has 0 fully saturated rings. The lowest BCUT2D eigenvalue weighted by Gasteiger charge is -2.09. The highest BCUT2D eigenvalue weighted by molar-refractivity contribution is 7.99. The van der Waals surface area contributed by atoms with Crippen LogP contribution in [0.15, 0.2) is 71.7 Å². The number of methoxy groups -OCH3 is 2. The Morgan fingerprint density at radius 3 is 2.62 bits per heavy atom. The first-order valence-corrected chi connectivity index (χ1v) is 13.2. The Labute approximate surface area is 223 Å². The summed E-state index contributed by atoms with van der Waals surface area (Å²) in [6.07, 6.45) is 1.75. The fourth-order valence-corrected chi connectivity index (χ4v) is 5.38. The molecule has 0 aliphatic heterocycles. The van der Waals surface area contributed by atoms with Crippen molar-refractivity contribution in [1.29, 1.82) is 0 Å². The molecule has 4 aromatic rings. The first-order chi connectivity index (χ1) is 17.9. The van der Waals surface area contributed by atoms with Gasteiger partial charge in [-0.1, -0.05) is 59.8 Å². The van der Waals surface area contributed by atoms with Crippen LogP contribution in [0.1, 0.15) is 15.9 Å². The molecular formula is C27H26N4O4S2. The van der Waals surface area contributed by atoms with E-state index in [4.69, 9.17) is 9.47 Å². The maximum absolute atomic E-state index is 12.9. The number of benzene rings is 2. The molecule has 0 bridgehead atoms. The number of hydrogen-bond acceptors (Lipinski definition) is 8. The summed E-state index contributed by atoms with van der Waals surface area (Å²) in [5.74, 6) is 0.653. The largest absolute Gasteiger partial charge is 0.497 e. The molecule has 0 aliphatic carbocycles. The molecule has 0 spiro atoms. The molecule has 2 aromatic carbocycles. The number of hydrogen-bond donors (Lipinski definition) is 1. The van der Waals surface area contributed by atoms with E-state index in [2.05, 4.69) is 22.1 Å². The van der Waals surface area contributed by atoms with Gasteiger partial charge in [0.1, 0.15) is 16.3 Å². The average molecular weight is 535 g/mol.